The van der Waals surface area contributed by atoms with E-state index < -0.39 is 26.7 Å². The minimum Gasteiger partial charge on any atom is -0.444 e. The molecule has 0 fully saturated rings. The number of carbonyl (C=O) groups excluding carboxylic acids is 1. The molecule has 0 aliphatic heterocycles. The van der Waals surface area contributed by atoms with Crippen LogP contribution in [0.15, 0.2) is 24.3 Å². The van der Waals surface area contributed by atoms with Gasteiger partial charge < -0.3 is 10.1 Å². The lowest BCUT2D eigenvalue weighted by atomic mass is 10.0. The first-order chi connectivity index (χ1) is 10.4. The van der Waals surface area contributed by atoms with Gasteiger partial charge in [0.2, 0.25) is 9.05 Å². The summed E-state index contributed by atoms with van der Waals surface area (Å²) in [7, 11) is 1.58. The summed E-state index contributed by atoms with van der Waals surface area (Å²) in [6.45, 7) is 5.27. The first-order valence-corrected chi connectivity index (χ1v) is 9.56. The highest BCUT2D eigenvalue weighted by Crippen LogP contribution is 2.14. The van der Waals surface area contributed by atoms with Crippen molar-refractivity contribution in [1.29, 1.82) is 0 Å². The average molecular weight is 366 g/mol. The lowest BCUT2D eigenvalue weighted by molar-refractivity contribution is 0.0520. The van der Waals surface area contributed by atoms with Crippen LogP contribution in [0.4, 0.5) is 9.18 Å². The van der Waals surface area contributed by atoms with Crippen molar-refractivity contribution in [1.82, 2.24) is 5.32 Å². The average Bonchev–Trinajstić information content (AvgIpc) is 2.35. The van der Waals surface area contributed by atoms with Gasteiger partial charge in [0.25, 0.3) is 0 Å². The molecule has 0 spiro atoms. The van der Waals surface area contributed by atoms with Crippen LogP contribution in [-0.2, 0) is 20.2 Å². The molecule has 1 rings (SSSR count). The number of ether oxygens (including phenoxy) is 1. The molecule has 0 aliphatic rings. The number of amides is 1. The molecule has 1 atom stereocenters. The second kappa shape index (κ2) is 7.97. The third-order valence-electron chi connectivity index (χ3n) is 2.81. The van der Waals surface area contributed by atoms with Crippen LogP contribution >= 0.6 is 10.7 Å². The molecule has 0 saturated heterocycles. The maximum Gasteiger partial charge on any atom is 0.407 e. The Morgan fingerprint density at radius 2 is 1.87 bits per heavy atom. The number of hydrogen-bond acceptors (Lipinski definition) is 4. The quantitative estimate of drug-likeness (QED) is 0.786. The van der Waals surface area contributed by atoms with Gasteiger partial charge in [-0.3, -0.25) is 0 Å². The van der Waals surface area contributed by atoms with Crippen LogP contribution in [-0.4, -0.2) is 32.4 Å². The minimum absolute atomic E-state index is 0.0816. The fourth-order valence-corrected chi connectivity index (χ4v) is 3.30. The van der Waals surface area contributed by atoms with Gasteiger partial charge in [0.05, 0.1) is 5.75 Å². The van der Waals surface area contributed by atoms with Crippen molar-refractivity contribution in [3.8, 4) is 0 Å². The van der Waals surface area contributed by atoms with Crippen LogP contribution in [0.3, 0.4) is 0 Å². The number of halogens is 2. The molecule has 1 amide bonds. The van der Waals surface area contributed by atoms with E-state index in [0.29, 0.717) is 6.42 Å². The number of carbonyl (C=O) groups is 1. The largest absolute Gasteiger partial charge is 0.444 e. The number of hydrogen-bond donors (Lipinski definition) is 1. The Kier molecular flexibility index (Phi) is 6.83. The number of benzene rings is 1. The van der Waals surface area contributed by atoms with E-state index in [-0.39, 0.29) is 18.1 Å². The Hall–Kier alpha value is -1.34. The molecule has 0 radical (unpaired) electrons. The summed E-state index contributed by atoms with van der Waals surface area (Å²) in [5.74, 6) is -1.13. The zero-order chi connectivity index (χ0) is 17.7. The summed E-state index contributed by atoms with van der Waals surface area (Å²) in [5, 5.41) is 2.54. The van der Waals surface area contributed by atoms with E-state index in [4.69, 9.17) is 15.4 Å². The summed E-state index contributed by atoms with van der Waals surface area (Å²) >= 11 is 0. The topological polar surface area (TPSA) is 72.5 Å². The summed E-state index contributed by atoms with van der Waals surface area (Å²) in [6, 6.07) is 5.72. The molecule has 0 bridgehead atoms. The zero-order valence-corrected chi connectivity index (χ0v) is 14.9. The molecular formula is C15H21ClFNO4S. The molecule has 1 unspecified atom stereocenters. The van der Waals surface area contributed by atoms with Gasteiger partial charge in [0.15, 0.2) is 0 Å². The lowest BCUT2D eigenvalue weighted by Crippen LogP contribution is -2.37. The molecule has 0 aromatic heterocycles. The van der Waals surface area contributed by atoms with Crippen molar-refractivity contribution in [3.05, 3.63) is 35.6 Å². The van der Waals surface area contributed by atoms with E-state index in [9.17, 15) is 17.6 Å². The van der Waals surface area contributed by atoms with E-state index in [1.54, 1.807) is 32.9 Å². The van der Waals surface area contributed by atoms with Crippen molar-refractivity contribution in [3.63, 3.8) is 0 Å². The van der Waals surface area contributed by atoms with Gasteiger partial charge in [-0.1, -0.05) is 12.1 Å². The summed E-state index contributed by atoms with van der Waals surface area (Å²) in [4.78, 5) is 11.7. The monoisotopic (exact) mass is 365 g/mol. The van der Waals surface area contributed by atoms with Crippen molar-refractivity contribution >= 4 is 25.8 Å². The van der Waals surface area contributed by atoms with Gasteiger partial charge >= 0.3 is 6.09 Å². The SMILES string of the molecule is CC(C)(C)OC(=O)NCC(Cc1ccc(F)cc1)CS(=O)(=O)Cl. The normalized spacial score (nSPS) is 13.4. The van der Waals surface area contributed by atoms with Gasteiger partial charge in [-0.15, -0.1) is 0 Å². The third-order valence-corrected chi connectivity index (χ3v) is 4.05. The highest BCUT2D eigenvalue weighted by Gasteiger charge is 2.21. The van der Waals surface area contributed by atoms with Gasteiger partial charge in [-0.2, -0.15) is 0 Å². The van der Waals surface area contributed by atoms with Crippen LogP contribution in [0.2, 0.25) is 0 Å². The van der Waals surface area contributed by atoms with E-state index >= 15 is 0 Å². The highest BCUT2D eigenvalue weighted by molar-refractivity contribution is 8.13. The lowest BCUT2D eigenvalue weighted by Gasteiger charge is -2.21. The number of alkyl carbamates (subject to hydrolysis) is 1. The van der Waals surface area contributed by atoms with Gasteiger partial charge in [0, 0.05) is 17.2 Å². The van der Waals surface area contributed by atoms with E-state index in [1.807, 2.05) is 0 Å². The maximum absolute atomic E-state index is 12.9. The second-order valence-corrected chi connectivity index (χ2v) is 9.11. The minimum atomic E-state index is -3.73. The van der Waals surface area contributed by atoms with Crippen LogP contribution in [0, 0.1) is 11.7 Å². The van der Waals surface area contributed by atoms with Crippen molar-refractivity contribution in [2.75, 3.05) is 12.3 Å². The summed E-state index contributed by atoms with van der Waals surface area (Å²) in [6.07, 6.45) is -0.296. The van der Waals surface area contributed by atoms with Gasteiger partial charge in [-0.25, -0.2) is 17.6 Å². The van der Waals surface area contributed by atoms with E-state index in [1.165, 1.54) is 12.1 Å². The fraction of sp³-hybridized carbons (Fsp3) is 0.533. The van der Waals surface area contributed by atoms with Crippen molar-refractivity contribution in [2.24, 2.45) is 5.92 Å². The van der Waals surface area contributed by atoms with Crippen molar-refractivity contribution in [2.45, 2.75) is 32.8 Å². The third kappa shape index (κ3) is 9.40. The molecule has 23 heavy (non-hydrogen) atoms. The molecule has 5 nitrogen and oxygen atoms in total. The molecule has 0 saturated carbocycles. The molecule has 0 aliphatic carbocycles. The maximum atomic E-state index is 12.9. The summed E-state index contributed by atoms with van der Waals surface area (Å²) < 4.78 is 40.7. The molecule has 1 aromatic rings. The molecule has 0 heterocycles. The van der Waals surface area contributed by atoms with E-state index in [0.717, 1.165) is 5.56 Å². The van der Waals surface area contributed by atoms with Gasteiger partial charge in [0.1, 0.15) is 11.4 Å². The highest BCUT2D eigenvalue weighted by atomic mass is 35.7. The first kappa shape index (κ1) is 19.7. The second-order valence-electron chi connectivity index (χ2n) is 6.28. The Balaban J connectivity index is 2.69. The predicted octanol–water partition coefficient (Wildman–Crippen LogP) is 3.08. The fourth-order valence-electron chi connectivity index (χ4n) is 1.97. The van der Waals surface area contributed by atoms with Crippen LogP contribution in [0.1, 0.15) is 26.3 Å². The Bertz CT molecular complexity index is 626. The molecule has 1 N–H and O–H groups in total. The number of rotatable bonds is 6. The number of nitrogens with one attached hydrogen (secondary N) is 1. The van der Waals surface area contributed by atoms with Crippen LogP contribution in [0.25, 0.3) is 0 Å². The Morgan fingerprint density at radius 3 is 2.35 bits per heavy atom. The first-order valence-electron chi connectivity index (χ1n) is 7.08. The van der Waals surface area contributed by atoms with Crippen LogP contribution in [0.5, 0.6) is 0 Å². The molecule has 8 heteroatoms. The molecule has 1 aromatic carbocycles. The smallest absolute Gasteiger partial charge is 0.407 e. The van der Waals surface area contributed by atoms with Gasteiger partial charge in [-0.05, 0) is 50.8 Å². The standard InChI is InChI=1S/C15H21ClFNO4S/c1-15(2,3)22-14(19)18-9-12(10-23(16,20)21)8-11-4-6-13(17)7-5-11/h4-7,12H,8-10H2,1-3H3,(H,18,19). The van der Waals surface area contributed by atoms with E-state index in [2.05, 4.69) is 5.32 Å². The predicted molar refractivity (Wildman–Crippen MR) is 87.5 cm³/mol. The van der Waals surface area contributed by atoms with Crippen LogP contribution < -0.4 is 5.32 Å². The summed E-state index contributed by atoms with van der Waals surface area (Å²) in [5.41, 5.74) is 0.109. The molecule has 130 valence electrons. The Labute approximate surface area is 140 Å². The molecular weight excluding hydrogens is 345 g/mol. The Morgan fingerprint density at radius 1 is 1.30 bits per heavy atom. The van der Waals surface area contributed by atoms with Crippen molar-refractivity contribution < 1.29 is 22.3 Å². The zero-order valence-electron chi connectivity index (χ0n) is 13.3.